The van der Waals surface area contributed by atoms with Crippen LogP contribution in [0.4, 0.5) is 4.79 Å². The number of carbonyl (C=O) groups is 1. The molecule has 1 aromatic heterocycles. The van der Waals surface area contributed by atoms with E-state index in [0.717, 1.165) is 36.3 Å². The first-order valence-corrected chi connectivity index (χ1v) is 10.2. The molecule has 1 aliphatic heterocycles. The Kier molecular flexibility index (Phi) is 6.60. The van der Waals surface area contributed by atoms with E-state index in [-0.39, 0.29) is 6.09 Å². The van der Waals surface area contributed by atoms with Gasteiger partial charge in [-0.15, -0.1) is 0 Å². The number of rotatable bonds is 4. The second kappa shape index (κ2) is 8.95. The minimum Gasteiger partial charge on any atom is -0.490 e. The second-order valence-electron chi connectivity index (χ2n) is 8.25. The number of ether oxygens (including phenoxy) is 2. The van der Waals surface area contributed by atoms with Crippen LogP contribution in [-0.4, -0.2) is 46.3 Å². The number of allylic oxidation sites excluding steroid dienone is 4. The van der Waals surface area contributed by atoms with Gasteiger partial charge in [0, 0.05) is 23.7 Å². The Morgan fingerprint density at radius 3 is 2.54 bits per heavy atom. The molecule has 7 heteroatoms. The van der Waals surface area contributed by atoms with Gasteiger partial charge in [-0.25, -0.2) is 14.8 Å². The molecule has 0 spiro atoms. The molecule has 1 saturated heterocycles. The van der Waals surface area contributed by atoms with E-state index in [9.17, 15) is 4.79 Å². The lowest BCUT2D eigenvalue weighted by Gasteiger charge is -2.33. The summed E-state index contributed by atoms with van der Waals surface area (Å²) in [6.45, 7) is 7.64. The van der Waals surface area contributed by atoms with Crippen LogP contribution in [0.15, 0.2) is 29.6 Å². The minimum absolute atomic E-state index is 0.234. The van der Waals surface area contributed by atoms with Gasteiger partial charge in [0.25, 0.3) is 0 Å². The van der Waals surface area contributed by atoms with E-state index in [4.69, 9.17) is 21.1 Å². The average Bonchev–Trinajstić information content (AvgIpc) is 2.66. The van der Waals surface area contributed by atoms with Crippen LogP contribution in [0, 0.1) is 5.92 Å². The molecule has 2 heterocycles. The van der Waals surface area contributed by atoms with Gasteiger partial charge in [-0.05, 0) is 58.4 Å². The van der Waals surface area contributed by atoms with Gasteiger partial charge in [0.15, 0.2) is 11.6 Å². The van der Waals surface area contributed by atoms with Gasteiger partial charge in [0.2, 0.25) is 0 Å². The summed E-state index contributed by atoms with van der Waals surface area (Å²) in [5.41, 5.74) is 0.496. The van der Waals surface area contributed by atoms with Crippen molar-refractivity contribution in [2.45, 2.75) is 52.1 Å². The van der Waals surface area contributed by atoms with Crippen LogP contribution < -0.4 is 4.74 Å². The summed E-state index contributed by atoms with van der Waals surface area (Å²) in [5, 5.41) is 0.833. The second-order valence-corrected chi connectivity index (χ2v) is 8.74. The Balaban J connectivity index is 1.44. The number of carbonyl (C=O) groups excluding carboxylic acids is 1. The Morgan fingerprint density at radius 1 is 1.25 bits per heavy atom. The lowest BCUT2D eigenvalue weighted by Crippen LogP contribution is -2.42. The van der Waals surface area contributed by atoms with Gasteiger partial charge >= 0.3 is 6.09 Å². The highest BCUT2D eigenvalue weighted by molar-refractivity contribution is 6.30. The van der Waals surface area contributed by atoms with Crippen molar-refractivity contribution in [3.63, 3.8) is 0 Å². The number of likely N-dealkylation sites (tertiary alicyclic amines) is 1. The maximum atomic E-state index is 12.1. The molecular formula is C21H28ClN3O3. The van der Waals surface area contributed by atoms with Crippen LogP contribution in [0.2, 0.25) is 0 Å². The highest BCUT2D eigenvalue weighted by Gasteiger charge is 2.27. The van der Waals surface area contributed by atoms with Gasteiger partial charge in [-0.1, -0.05) is 17.7 Å². The van der Waals surface area contributed by atoms with Crippen LogP contribution in [0.1, 0.15) is 52.3 Å². The maximum absolute atomic E-state index is 12.1. The van der Waals surface area contributed by atoms with E-state index in [1.54, 1.807) is 17.3 Å². The molecule has 2 aliphatic rings. The van der Waals surface area contributed by atoms with Crippen molar-refractivity contribution in [3.8, 4) is 5.75 Å². The summed E-state index contributed by atoms with van der Waals surface area (Å²) in [6.07, 6.45) is 10.8. The molecule has 1 aliphatic carbocycles. The molecule has 1 fully saturated rings. The summed E-state index contributed by atoms with van der Waals surface area (Å²) < 4.78 is 11.3. The number of nitrogens with zero attached hydrogens (tertiary/aromatic N) is 3. The molecule has 0 bridgehead atoms. The summed E-state index contributed by atoms with van der Waals surface area (Å²) in [5.74, 6) is 1.72. The third-order valence-electron chi connectivity index (χ3n) is 4.70. The third-order valence-corrected chi connectivity index (χ3v) is 5.00. The molecule has 0 radical (unpaired) electrons. The quantitative estimate of drug-likeness (QED) is 0.719. The zero-order valence-electron chi connectivity index (χ0n) is 16.8. The van der Waals surface area contributed by atoms with Gasteiger partial charge < -0.3 is 14.4 Å². The summed E-state index contributed by atoms with van der Waals surface area (Å²) in [4.78, 5) is 22.7. The smallest absolute Gasteiger partial charge is 0.410 e. The lowest BCUT2D eigenvalue weighted by atomic mass is 9.98. The van der Waals surface area contributed by atoms with E-state index in [1.807, 2.05) is 26.8 Å². The molecule has 6 nitrogen and oxygen atoms in total. The van der Waals surface area contributed by atoms with Crippen molar-refractivity contribution >= 4 is 23.3 Å². The molecule has 0 saturated carbocycles. The molecule has 0 N–H and O–H groups in total. The minimum atomic E-state index is -0.460. The predicted octanol–water partition coefficient (Wildman–Crippen LogP) is 4.80. The van der Waals surface area contributed by atoms with Crippen LogP contribution in [0.25, 0.3) is 5.57 Å². The van der Waals surface area contributed by atoms with E-state index >= 15 is 0 Å². The molecule has 1 aromatic rings. The summed E-state index contributed by atoms with van der Waals surface area (Å²) in [7, 11) is 0. The van der Waals surface area contributed by atoms with Crippen LogP contribution in [0.5, 0.6) is 5.75 Å². The topological polar surface area (TPSA) is 64.5 Å². The van der Waals surface area contributed by atoms with Crippen molar-refractivity contribution in [1.29, 1.82) is 0 Å². The molecule has 1 amide bonds. The predicted molar refractivity (Wildman–Crippen MR) is 109 cm³/mol. The summed E-state index contributed by atoms with van der Waals surface area (Å²) >= 11 is 6.10. The van der Waals surface area contributed by atoms with E-state index in [0.29, 0.717) is 37.2 Å². The van der Waals surface area contributed by atoms with Crippen LogP contribution in [0.3, 0.4) is 0 Å². The normalized spacial score (nSPS) is 18.4. The molecule has 152 valence electrons. The van der Waals surface area contributed by atoms with Crippen molar-refractivity contribution in [2.75, 3.05) is 19.7 Å². The first-order valence-electron chi connectivity index (χ1n) is 9.79. The highest BCUT2D eigenvalue weighted by atomic mass is 35.5. The van der Waals surface area contributed by atoms with Crippen molar-refractivity contribution < 1.29 is 14.3 Å². The van der Waals surface area contributed by atoms with Gasteiger partial charge in [-0.3, -0.25) is 0 Å². The van der Waals surface area contributed by atoms with E-state index in [1.165, 1.54) is 0 Å². The third kappa shape index (κ3) is 5.96. The highest BCUT2D eigenvalue weighted by Crippen LogP contribution is 2.26. The number of hydrogen-bond acceptors (Lipinski definition) is 5. The van der Waals surface area contributed by atoms with Crippen molar-refractivity contribution in [2.24, 2.45) is 5.92 Å². The number of amides is 1. The first-order chi connectivity index (χ1) is 13.3. The van der Waals surface area contributed by atoms with Crippen molar-refractivity contribution in [1.82, 2.24) is 14.9 Å². The van der Waals surface area contributed by atoms with Crippen LogP contribution in [-0.2, 0) is 4.74 Å². The Bertz CT molecular complexity index is 745. The van der Waals surface area contributed by atoms with Crippen LogP contribution >= 0.6 is 11.6 Å². The van der Waals surface area contributed by atoms with Crippen molar-refractivity contribution in [3.05, 3.63) is 35.4 Å². The van der Waals surface area contributed by atoms with E-state index < -0.39 is 5.60 Å². The zero-order chi connectivity index (χ0) is 20.1. The Morgan fingerprint density at radius 2 is 1.93 bits per heavy atom. The summed E-state index contributed by atoms with van der Waals surface area (Å²) in [6, 6.07) is 0. The average molecular weight is 406 g/mol. The zero-order valence-corrected chi connectivity index (χ0v) is 17.5. The number of halogens is 1. The molecule has 0 unspecified atom stereocenters. The lowest BCUT2D eigenvalue weighted by molar-refractivity contribution is 0.0165. The molecule has 28 heavy (non-hydrogen) atoms. The fraction of sp³-hybridized carbons (Fsp3) is 0.571. The fourth-order valence-electron chi connectivity index (χ4n) is 3.18. The molecular weight excluding hydrogens is 378 g/mol. The molecule has 3 rings (SSSR count). The molecule has 0 atom stereocenters. The Labute approximate surface area is 171 Å². The monoisotopic (exact) mass is 405 g/mol. The largest absolute Gasteiger partial charge is 0.490 e. The number of hydrogen-bond donors (Lipinski definition) is 0. The van der Waals surface area contributed by atoms with Gasteiger partial charge in [0.05, 0.1) is 19.0 Å². The number of aromatic nitrogens is 2. The molecule has 0 aromatic carbocycles. The first kappa shape index (κ1) is 20.6. The standard InChI is InChI=1S/C21H28ClN3O3/c1-21(2,3)28-20(26)25-9-7-15(8-10-25)14-27-18-12-23-19(24-13-18)16-5-4-6-17(22)11-16/h5,11-13,15H,4,6-10,14H2,1-3H3. The fourth-order valence-corrected chi connectivity index (χ4v) is 3.41. The number of piperidine rings is 1. The maximum Gasteiger partial charge on any atom is 0.410 e. The van der Waals surface area contributed by atoms with E-state index in [2.05, 4.69) is 16.0 Å². The Hall–Kier alpha value is -2.08. The van der Waals surface area contributed by atoms with Gasteiger partial charge in [0.1, 0.15) is 5.60 Å². The van der Waals surface area contributed by atoms with Gasteiger partial charge in [-0.2, -0.15) is 0 Å². The SMILES string of the molecule is CC(C)(C)OC(=O)N1CCC(COc2cnc(C3=CCCC(Cl)=C3)nc2)CC1.